The highest BCUT2D eigenvalue weighted by Crippen LogP contribution is 2.65. The van der Waals surface area contributed by atoms with Gasteiger partial charge in [0.15, 0.2) is 0 Å². The molecule has 4 amide bonds. The molecule has 4 aliphatic rings. The lowest BCUT2D eigenvalue weighted by Crippen LogP contribution is -2.53. The van der Waals surface area contributed by atoms with Gasteiger partial charge in [0.05, 0.1) is 35.4 Å². The minimum absolute atomic E-state index is 0.00905. The standard InChI is InChI=1S/C42H35N3O5S/c1-24-13-16-27(17-14-24)43-45-39(48)33-22-32-30(18-19-31-35(32)40(49)44(38(31)47)23-28-11-7-21-51-28)37(42(33,41(45)50)26-9-3-2-4-10-26)36-29-12-6-5-8-25(29)15-20-34(36)46/h2-18,20-21,31-33,35,37,43,46H,19,22-23H2,1H3/t31-,32+,33-,35-,37+,42+/m0/s1. The van der Waals surface area contributed by atoms with E-state index >= 15 is 4.79 Å². The first-order valence-corrected chi connectivity index (χ1v) is 18.2. The van der Waals surface area contributed by atoms with Gasteiger partial charge >= 0.3 is 0 Å². The molecule has 0 spiro atoms. The van der Waals surface area contributed by atoms with Crippen molar-refractivity contribution in [2.45, 2.75) is 37.6 Å². The second-order valence-corrected chi connectivity index (χ2v) is 15.2. The number of phenolic OH excluding ortho intramolecular Hbond substituents is 1. The van der Waals surface area contributed by atoms with Crippen LogP contribution in [0.2, 0.25) is 0 Å². The van der Waals surface area contributed by atoms with Gasteiger partial charge in [0, 0.05) is 16.4 Å². The van der Waals surface area contributed by atoms with Crippen molar-refractivity contribution in [3.05, 3.63) is 142 Å². The van der Waals surface area contributed by atoms with Gasteiger partial charge in [-0.25, -0.2) is 0 Å². The second-order valence-electron chi connectivity index (χ2n) is 14.2. The number of thiophene rings is 1. The second kappa shape index (κ2) is 11.8. The number of allylic oxidation sites excluding steroid dienone is 2. The molecular weight excluding hydrogens is 659 g/mol. The van der Waals surface area contributed by atoms with Crippen LogP contribution in [0.5, 0.6) is 5.75 Å². The van der Waals surface area contributed by atoms with E-state index in [2.05, 4.69) is 5.43 Å². The molecule has 1 saturated carbocycles. The fourth-order valence-electron chi connectivity index (χ4n) is 9.43. The Bertz CT molecular complexity index is 2270. The molecule has 3 fully saturated rings. The molecule has 2 aliphatic carbocycles. The average Bonchev–Trinajstić information content (AvgIpc) is 3.81. The van der Waals surface area contributed by atoms with E-state index in [1.165, 1.54) is 16.2 Å². The van der Waals surface area contributed by atoms with Crippen molar-refractivity contribution >= 4 is 51.4 Å². The number of aryl methyl sites for hydroxylation is 1. The third kappa shape index (κ3) is 4.57. The molecule has 8 nitrogen and oxygen atoms in total. The number of phenols is 1. The topological polar surface area (TPSA) is 107 Å². The van der Waals surface area contributed by atoms with Crippen LogP contribution in [0.4, 0.5) is 5.69 Å². The van der Waals surface area contributed by atoms with Gasteiger partial charge in [-0.2, -0.15) is 5.01 Å². The summed E-state index contributed by atoms with van der Waals surface area (Å²) in [6, 6.07) is 31.9. The number of rotatable bonds is 6. The molecule has 2 saturated heterocycles. The normalized spacial score (nSPS) is 27.0. The number of carbonyl (C=O) groups is 4. The Labute approximate surface area is 299 Å². The molecule has 51 heavy (non-hydrogen) atoms. The van der Waals surface area contributed by atoms with Gasteiger partial charge < -0.3 is 5.11 Å². The Morgan fingerprint density at radius 3 is 2.35 bits per heavy atom. The van der Waals surface area contributed by atoms with Gasteiger partial charge in [-0.15, -0.1) is 11.3 Å². The average molecular weight is 694 g/mol. The van der Waals surface area contributed by atoms with Gasteiger partial charge in [0.25, 0.3) is 11.8 Å². The molecular formula is C42H35N3O5S. The first-order chi connectivity index (χ1) is 24.8. The summed E-state index contributed by atoms with van der Waals surface area (Å²) in [7, 11) is 0. The van der Waals surface area contributed by atoms with Crippen LogP contribution in [0.15, 0.2) is 120 Å². The minimum atomic E-state index is -1.46. The fourth-order valence-corrected chi connectivity index (χ4v) is 10.1. The van der Waals surface area contributed by atoms with Crippen molar-refractivity contribution in [3.8, 4) is 5.75 Å². The van der Waals surface area contributed by atoms with Crippen molar-refractivity contribution in [2.75, 3.05) is 5.43 Å². The summed E-state index contributed by atoms with van der Waals surface area (Å²) in [6.45, 7) is 2.18. The molecule has 1 aromatic heterocycles. The summed E-state index contributed by atoms with van der Waals surface area (Å²) >= 11 is 1.50. The summed E-state index contributed by atoms with van der Waals surface area (Å²) in [5, 5.41) is 16.6. The summed E-state index contributed by atoms with van der Waals surface area (Å²) in [4.78, 5) is 61.0. The summed E-state index contributed by atoms with van der Waals surface area (Å²) in [5.41, 5.74) is 5.33. The quantitative estimate of drug-likeness (QED) is 0.145. The maximum Gasteiger partial charge on any atom is 0.260 e. The summed E-state index contributed by atoms with van der Waals surface area (Å²) < 4.78 is 0. The maximum absolute atomic E-state index is 15.4. The fraction of sp³-hybridized carbons (Fsp3) is 0.238. The van der Waals surface area contributed by atoms with Crippen LogP contribution >= 0.6 is 11.3 Å². The number of likely N-dealkylation sites (tertiary alicyclic amines) is 1. The van der Waals surface area contributed by atoms with Gasteiger partial charge in [-0.05, 0) is 71.7 Å². The van der Waals surface area contributed by atoms with Crippen LogP contribution in [0.25, 0.3) is 10.8 Å². The molecule has 2 N–H and O–H groups in total. The molecule has 0 radical (unpaired) electrons. The molecule has 5 aromatic rings. The van der Waals surface area contributed by atoms with Crippen molar-refractivity contribution in [2.24, 2.45) is 23.7 Å². The number of anilines is 1. The SMILES string of the molecule is Cc1ccc(NN2C(=O)[C@@H]3C[C@@H]4C(=CC[C@@H]5C(=O)N(Cc6cccs6)C(=O)[C@@H]54)[C@H](c4c(O)ccc5ccccc45)[C@]3(c3ccccc3)C2=O)cc1. The Morgan fingerprint density at radius 2 is 1.59 bits per heavy atom. The molecule has 6 atom stereocenters. The van der Waals surface area contributed by atoms with Gasteiger partial charge in [0.1, 0.15) is 5.75 Å². The number of benzene rings is 4. The molecule has 9 rings (SSSR count). The predicted molar refractivity (Wildman–Crippen MR) is 194 cm³/mol. The van der Waals surface area contributed by atoms with E-state index in [1.54, 1.807) is 6.07 Å². The van der Waals surface area contributed by atoms with Crippen LogP contribution in [0, 0.1) is 30.6 Å². The Kier molecular flexibility index (Phi) is 7.26. The number of hydrazine groups is 1. The molecule has 3 heterocycles. The van der Waals surface area contributed by atoms with E-state index in [4.69, 9.17) is 0 Å². The lowest BCUT2D eigenvalue weighted by molar-refractivity contribution is -0.141. The number of hydrogen-bond acceptors (Lipinski definition) is 7. The summed E-state index contributed by atoms with van der Waals surface area (Å²) in [5.74, 6) is -4.72. The Balaban J connectivity index is 1.27. The van der Waals surface area contributed by atoms with E-state index in [-0.39, 0.29) is 30.5 Å². The third-order valence-corrected chi connectivity index (χ3v) is 12.5. The molecule has 4 aromatic carbocycles. The van der Waals surface area contributed by atoms with E-state index in [9.17, 15) is 19.5 Å². The molecule has 0 bridgehead atoms. The molecule has 2 aliphatic heterocycles. The van der Waals surface area contributed by atoms with E-state index in [1.807, 2.05) is 115 Å². The highest BCUT2D eigenvalue weighted by atomic mass is 32.1. The predicted octanol–water partition coefficient (Wildman–Crippen LogP) is 7.10. The molecule has 0 unspecified atom stereocenters. The first kappa shape index (κ1) is 31.4. The zero-order valence-electron chi connectivity index (χ0n) is 27.9. The van der Waals surface area contributed by atoms with Crippen molar-refractivity contribution in [1.82, 2.24) is 9.91 Å². The number of amides is 4. The maximum atomic E-state index is 15.4. The van der Waals surface area contributed by atoms with Gasteiger partial charge in [-0.1, -0.05) is 96.1 Å². The van der Waals surface area contributed by atoms with Crippen molar-refractivity contribution in [1.29, 1.82) is 0 Å². The lowest BCUT2D eigenvalue weighted by Gasteiger charge is -2.51. The van der Waals surface area contributed by atoms with Crippen molar-refractivity contribution in [3.63, 3.8) is 0 Å². The minimum Gasteiger partial charge on any atom is -0.508 e. The van der Waals surface area contributed by atoms with Crippen molar-refractivity contribution < 1.29 is 24.3 Å². The number of hydrogen-bond donors (Lipinski definition) is 2. The highest BCUT2D eigenvalue weighted by Gasteiger charge is 2.70. The van der Waals surface area contributed by atoms with Crippen LogP contribution < -0.4 is 5.43 Å². The number of nitrogens with zero attached hydrogens (tertiary/aromatic N) is 2. The monoisotopic (exact) mass is 693 g/mol. The van der Waals surface area contributed by atoms with Gasteiger partial charge in [0.2, 0.25) is 11.8 Å². The number of imide groups is 2. The van der Waals surface area contributed by atoms with Crippen LogP contribution in [-0.2, 0) is 31.1 Å². The van der Waals surface area contributed by atoms with Crippen LogP contribution in [0.3, 0.4) is 0 Å². The smallest absolute Gasteiger partial charge is 0.260 e. The molecule has 9 heteroatoms. The number of fused-ring (bicyclic) bond motifs is 5. The number of carbonyl (C=O) groups excluding carboxylic acids is 4. The van der Waals surface area contributed by atoms with Crippen LogP contribution in [0.1, 0.15) is 40.3 Å². The van der Waals surface area contributed by atoms with E-state index in [0.717, 1.165) is 31.8 Å². The van der Waals surface area contributed by atoms with E-state index < -0.39 is 46.8 Å². The van der Waals surface area contributed by atoms with Crippen LogP contribution in [-0.4, -0.2) is 38.6 Å². The first-order valence-electron chi connectivity index (χ1n) is 17.3. The number of aromatic hydroxyl groups is 1. The summed E-state index contributed by atoms with van der Waals surface area (Å²) in [6.07, 6.45) is 2.56. The zero-order chi connectivity index (χ0) is 35.0. The number of nitrogens with one attached hydrogen (secondary N) is 1. The highest BCUT2D eigenvalue weighted by molar-refractivity contribution is 7.09. The lowest BCUT2D eigenvalue weighted by atomic mass is 9.48. The Morgan fingerprint density at radius 1 is 0.824 bits per heavy atom. The van der Waals surface area contributed by atoms with E-state index in [0.29, 0.717) is 23.2 Å². The molecule has 254 valence electrons. The largest absolute Gasteiger partial charge is 0.508 e. The third-order valence-electron chi connectivity index (χ3n) is 11.6. The Hall–Kier alpha value is -5.54. The zero-order valence-corrected chi connectivity index (χ0v) is 28.7. The van der Waals surface area contributed by atoms with Gasteiger partial charge in [-0.3, -0.25) is 29.5 Å².